The second-order valence-electron chi connectivity index (χ2n) is 8.42. The molecule has 8 heteroatoms. The lowest BCUT2D eigenvalue weighted by atomic mass is 9.97. The summed E-state index contributed by atoms with van der Waals surface area (Å²) in [5.41, 5.74) is -0.845. The highest BCUT2D eigenvalue weighted by Crippen LogP contribution is 2.40. The van der Waals surface area contributed by atoms with Crippen LogP contribution in [0.2, 0.25) is 0 Å². The normalized spacial score (nSPS) is 27.8. The number of hydrogen-bond donors (Lipinski definition) is 0. The third kappa shape index (κ3) is 7.10. The Labute approximate surface area is 181 Å². The van der Waals surface area contributed by atoms with Gasteiger partial charge in [0, 0.05) is 39.6 Å². The average molecular weight is 435 g/mol. The van der Waals surface area contributed by atoms with Crippen LogP contribution in [0.3, 0.4) is 0 Å². The van der Waals surface area contributed by atoms with E-state index in [9.17, 15) is 0 Å². The van der Waals surface area contributed by atoms with E-state index in [4.69, 9.17) is 38.2 Å². The quantitative estimate of drug-likeness (QED) is 0.214. The highest BCUT2D eigenvalue weighted by Gasteiger charge is 2.50. The highest BCUT2D eigenvalue weighted by molar-refractivity contribution is 4.85. The lowest BCUT2D eigenvalue weighted by Gasteiger charge is -2.41. The summed E-state index contributed by atoms with van der Waals surface area (Å²) in [6.07, 6.45) is 4.50. The van der Waals surface area contributed by atoms with Gasteiger partial charge >= 0.3 is 11.9 Å². The van der Waals surface area contributed by atoms with E-state index in [1.165, 1.54) is 0 Å². The molecular formula is C22H42O8. The van der Waals surface area contributed by atoms with Gasteiger partial charge in [-0.15, -0.1) is 0 Å². The van der Waals surface area contributed by atoms with Gasteiger partial charge in [0.25, 0.3) is 0 Å². The second kappa shape index (κ2) is 11.5. The van der Waals surface area contributed by atoms with Crippen molar-refractivity contribution in [2.75, 3.05) is 39.6 Å². The van der Waals surface area contributed by atoms with Crippen molar-refractivity contribution in [1.29, 1.82) is 0 Å². The third-order valence-corrected chi connectivity index (χ3v) is 5.53. The van der Waals surface area contributed by atoms with Gasteiger partial charge in [-0.3, -0.25) is 0 Å². The van der Waals surface area contributed by atoms with Crippen molar-refractivity contribution in [3.05, 3.63) is 0 Å². The van der Waals surface area contributed by atoms with E-state index in [1.807, 2.05) is 41.5 Å². The van der Waals surface area contributed by atoms with Gasteiger partial charge in [0.15, 0.2) is 0 Å². The van der Waals surface area contributed by atoms with Crippen LogP contribution in [-0.2, 0) is 38.2 Å². The highest BCUT2D eigenvalue weighted by atomic mass is 17.3. The van der Waals surface area contributed by atoms with Crippen LogP contribution in [0.4, 0.5) is 0 Å². The van der Waals surface area contributed by atoms with Gasteiger partial charge in [-0.05, 0) is 67.2 Å². The Balaban J connectivity index is 2.22. The summed E-state index contributed by atoms with van der Waals surface area (Å²) in [7, 11) is 0. The Morgan fingerprint density at radius 1 is 0.633 bits per heavy atom. The van der Waals surface area contributed by atoms with Crippen LogP contribution in [0, 0.1) is 0 Å². The first kappa shape index (κ1) is 25.9. The smallest absolute Gasteiger partial charge is 0.315 e. The molecule has 0 aromatic rings. The second-order valence-corrected chi connectivity index (χ2v) is 8.42. The van der Waals surface area contributed by atoms with Gasteiger partial charge in [-0.1, -0.05) is 0 Å². The zero-order valence-corrected chi connectivity index (χ0v) is 19.8. The Morgan fingerprint density at radius 2 is 0.967 bits per heavy atom. The third-order valence-electron chi connectivity index (χ3n) is 5.53. The van der Waals surface area contributed by atoms with Crippen molar-refractivity contribution in [2.24, 2.45) is 0 Å². The minimum Gasteiger partial charge on any atom is -0.375 e. The SMILES string of the molecule is CCOC(CC1(C)CCCO1)(OCC)OOC(CC1(C)CCCO1)(OCC)OCC. The number of rotatable bonds is 15. The monoisotopic (exact) mass is 434 g/mol. The first-order valence-electron chi connectivity index (χ1n) is 11.5. The molecule has 2 atom stereocenters. The van der Waals surface area contributed by atoms with Crippen molar-refractivity contribution in [2.45, 2.75) is 103 Å². The Kier molecular flexibility index (Phi) is 9.96. The van der Waals surface area contributed by atoms with Crippen LogP contribution in [0.1, 0.15) is 80.1 Å². The summed E-state index contributed by atoms with van der Waals surface area (Å²) >= 11 is 0. The minimum atomic E-state index is -1.43. The largest absolute Gasteiger partial charge is 0.375 e. The van der Waals surface area contributed by atoms with E-state index in [1.54, 1.807) is 0 Å². The molecule has 2 heterocycles. The van der Waals surface area contributed by atoms with Crippen LogP contribution in [-0.4, -0.2) is 62.8 Å². The van der Waals surface area contributed by atoms with Crippen LogP contribution in [0.25, 0.3) is 0 Å². The fourth-order valence-electron chi connectivity index (χ4n) is 4.32. The van der Waals surface area contributed by atoms with Crippen LogP contribution in [0.15, 0.2) is 0 Å². The average Bonchev–Trinajstić information content (AvgIpc) is 3.29. The van der Waals surface area contributed by atoms with E-state index in [2.05, 4.69) is 0 Å². The lowest BCUT2D eigenvalue weighted by Crippen LogP contribution is -2.52. The van der Waals surface area contributed by atoms with Crippen LogP contribution in [0.5, 0.6) is 0 Å². The topological polar surface area (TPSA) is 73.8 Å². The predicted molar refractivity (Wildman–Crippen MR) is 111 cm³/mol. The molecule has 2 saturated heterocycles. The molecule has 2 aliphatic rings. The summed E-state index contributed by atoms with van der Waals surface area (Å²) < 4.78 is 35.7. The summed E-state index contributed by atoms with van der Waals surface area (Å²) in [5, 5.41) is 0. The molecule has 30 heavy (non-hydrogen) atoms. The molecule has 8 nitrogen and oxygen atoms in total. The molecule has 0 spiro atoms. The van der Waals surface area contributed by atoms with Crippen LogP contribution < -0.4 is 0 Å². The molecule has 0 aromatic heterocycles. The standard InChI is InChI=1S/C22H42O8/c1-7-23-21(24-8-2,17-19(5)13-11-15-27-19)29-30-22(25-9-3,26-10-4)18-20(6)14-12-16-28-20/h7-18H2,1-6H3. The van der Waals surface area contributed by atoms with E-state index in [-0.39, 0.29) is 0 Å². The molecule has 0 aromatic carbocycles. The number of hydrogen-bond acceptors (Lipinski definition) is 8. The maximum atomic E-state index is 5.96. The summed E-state index contributed by atoms with van der Waals surface area (Å²) in [6, 6.07) is 0. The van der Waals surface area contributed by atoms with Gasteiger partial charge < -0.3 is 28.4 Å². The van der Waals surface area contributed by atoms with E-state index >= 15 is 0 Å². The minimum absolute atomic E-state index is 0.365. The Morgan fingerprint density at radius 3 is 1.20 bits per heavy atom. The predicted octanol–water partition coefficient (Wildman–Crippen LogP) is 4.31. The molecular weight excluding hydrogens is 392 g/mol. The first-order valence-corrected chi connectivity index (χ1v) is 11.5. The molecule has 2 rings (SSSR count). The fraction of sp³-hybridized carbons (Fsp3) is 1.00. The molecule has 0 aliphatic carbocycles. The van der Waals surface area contributed by atoms with Crippen molar-refractivity contribution in [1.82, 2.24) is 0 Å². The molecule has 2 unspecified atom stereocenters. The first-order chi connectivity index (χ1) is 14.3. The van der Waals surface area contributed by atoms with Crippen molar-refractivity contribution >= 4 is 0 Å². The van der Waals surface area contributed by atoms with Gasteiger partial charge in [0.05, 0.1) is 24.0 Å². The molecule has 0 radical (unpaired) electrons. The van der Waals surface area contributed by atoms with Gasteiger partial charge in [-0.25, -0.2) is 0 Å². The molecule has 2 aliphatic heterocycles. The van der Waals surface area contributed by atoms with E-state index < -0.39 is 23.1 Å². The molecule has 178 valence electrons. The summed E-state index contributed by atoms with van der Waals surface area (Å²) in [5.74, 6) is -2.86. The fourth-order valence-corrected chi connectivity index (χ4v) is 4.32. The molecule has 0 amide bonds. The molecule has 0 bridgehead atoms. The number of ether oxygens (including phenoxy) is 6. The lowest BCUT2D eigenvalue weighted by molar-refractivity contribution is -0.597. The van der Waals surface area contributed by atoms with Crippen LogP contribution >= 0.6 is 0 Å². The maximum absolute atomic E-state index is 5.96. The van der Waals surface area contributed by atoms with E-state index in [0.717, 1.165) is 25.7 Å². The summed E-state index contributed by atoms with van der Waals surface area (Å²) in [6.45, 7) is 14.6. The molecule has 0 N–H and O–H groups in total. The molecule has 2 fully saturated rings. The van der Waals surface area contributed by atoms with Crippen molar-refractivity contribution in [3.8, 4) is 0 Å². The van der Waals surface area contributed by atoms with Gasteiger partial charge in [0.2, 0.25) is 0 Å². The molecule has 0 saturated carbocycles. The van der Waals surface area contributed by atoms with Crippen molar-refractivity contribution < 1.29 is 38.2 Å². The van der Waals surface area contributed by atoms with Gasteiger partial charge in [0.1, 0.15) is 0 Å². The van der Waals surface area contributed by atoms with Crippen molar-refractivity contribution in [3.63, 3.8) is 0 Å². The Hall–Kier alpha value is -0.320. The summed E-state index contributed by atoms with van der Waals surface area (Å²) in [4.78, 5) is 11.9. The van der Waals surface area contributed by atoms with Gasteiger partial charge in [-0.2, -0.15) is 9.78 Å². The zero-order chi connectivity index (χ0) is 22.1. The maximum Gasteiger partial charge on any atom is 0.315 e. The zero-order valence-electron chi connectivity index (χ0n) is 19.8. The van der Waals surface area contributed by atoms with E-state index in [0.29, 0.717) is 52.5 Å². The Bertz CT molecular complexity index is 430.